The van der Waals surface area contributed by atoms with Gasteiger partial charge < -0.3 is 9.52 Å². The number of furan rings is 1. The molecule has 3 aromatic carbocycles. The number of carbonyl (C=O) groups excluding carboxylic acids is 2. The van der Waals surface area contributed by atoms with Crippen molar-refractivity contribution in [1.82, 2.24) is 10.9 Å². The number of carbonyl (C=O) groups is 2. The van der Waals surface area contributed by atoms with Crippen molar-refractivity contribution in [3.05, 3.63) is 114 Å². The molecule has 0 radical (unpaired) electrons. The first-order valence-electron chi connectivity index (χ1n) is 10.8. The molecule has 0 saturated heterocycles. The third-order valence-corrected chi connectivity index (χ3v) is 4.98. The van der Waals surface area contributed by atoms with Gasteiger partial charge in [0.15, 0.2) is 5.76 Å². The lowest BCUT2D eigenvalue weighted by Crippen LogP contribution is -2.41. The summed E-state index contributed by atoms with van der Waals surface area (Å²) in [4.78, 5) is 23.7. The van der Waals surface area contributed by atoms with E-state index in [2.05, 4.69) is 59.4 Å². The lowest BCUT2D eigenvalue weighted by molar-refractivity contribution is 0.0831. The van der Waals surface area contributed by atoms with E-state index in [-0.39, 0.29) is 16.9 Å². The maximum absolute atomic E-state index is 12.1. The van der Waals surface area contributed by atoms with Gasteiger partial charge in [-0.05, 0) is 46.9 Å². The monoisotopic (exact) mass is 456 g/mol. The number of phenols is 1. The fraction of sp³-hybridized carbons (Fsp3) is 0.143. The molecular formula is C28H28N2O4. The largest absolute Gasteiger partial charge is 0.508 e. The molecule has 1 heterocycles. The molecule has 0 spiro atoms. The van der Waals surface area contributed by atoms with E-state index >= 15 is 0 Å². The normalized spacial score (nSPS) is 10.6. The fourth-order valence-corrected chi connectivity index (χ4v) is 3.19. The molecule has 0 unspecified atom stereocenters. The van der Waals surface area contributed by atoms with Crippen LogP contribution < -0.4 is 10.9 Å². The number of amides is 2. The minimum absolute atomic E-state index is 0.0985. The summed E-state index contributed by atoms with van der Waals surface area (Å²) in [5, 5.41) is 9.88. The second kappa shape index (κ2) is 11.0. The summed E-state index contributed by atoms with van der Waals surface area (Å²) < 4.78 is 4.92. The molecule has 0 bridgehead atoms. The number of benzene rings is 3. The van der Waals surface area contributed by atoms with Gasteiger partial charge in [-0.15, -0.1) is 0 Å². The molecule has 0 saturated carbocycles. The lowest BCUT2D eigenvalue weighted by atomic mass is 9.85. The molecule has 0 aliphatic heterocycles. The van der Waals surface area contributed by atoms with Gasteiger partial charge >= 0.3 is 5.91 Å². The summed E-state index contributed by atoms with van der Waals surface area (Å²) in [7, 11) is 0. The van der Waals surface area contributed by atoms with E-state index in [1.54, 1.807) is 12.1 Å². The van der Waals surface area contributed by atoms with Crippen molar-refractivity contribution in [3.8, 4) is 16.9 Å². The maximum atomic E-state index is 12.1. The van der Waals surface area contributed by atoms with Crippen LogP contribution in [0.3, 0.4) is 0 Å². The van der Waals surface area contributed by atoms with Gasteiger partial charge in [-0.2, -0.15) is 0 Å². The quantitative estimate of drug-likeness (QED) is 0.344. The number of nitrogens with one attached hydrogen (secondary N) is 2. The van der Waals surface area contributed by atoms with Crippen molar-refractivity contribution in [2.45, 2.75) is 26.2 Å². The van der Waals surface area contributed by atoms with Crippen LogP contribution in [0.15, 0.2) is 102 Å². The molecule has 0 aliphatic rings. The second-order valence-corrected chi connectivity index (χ2v) is 8.60. The second-order valence-electron chi connectivity index (χ2n) is 8.60. The molecule has 2 amide bonds. The van der Waals surface area contributed by atoms with Crippen molar-refractivity contribution >= 4 is 11.8 Å². The Hall–Kier alpha value is -4.32. The van der Waals surface area contributed by atoms with Gasteiger partial charge in [0.25, 0.3) is 5.91 Å². The van der Waals surface area contributed by atoms with Gasteiger partial charge in [-0.25, -0.2) is 0 Å². The first kappa shape index (κ1) is 24.3. The summed E-state index contributed by atoms with van der Waals surface area (Å²) in [5.41, 5.74) is 7.80. The first-order chi connectivity index (χ1) is 16.3. The first-order valence-corrected chi connectivity index (χ1v) is 10.8. The SMILES string of the molecule is CC(C)(C)c1cc(C(=O)NNC(=O)c2ccco2)ccc1O.c1ccc(-c2ccccc2)cc1. The molecule has 3 N–H and O–H groups in total. The molecule has 4 rings (SSSR count). The highest BCUT2D eigenvalue weighted by Gasteiger charge is 2.20. The Morgan fingerprint density at radius 3 is 1.79 bits per heavy atom. The Kier molecular flexibility index (Phi) is 7.88. The van der Waals surface area contributed by atoms with Crippen LogP contribution >= 0.6 is 0 Å². The zero-order valence-corrected chi connectivity index (χ0v) is 19.4. The van der Waals surface area contributed by atoms with Crippen LogP contribution in [0.1, 0.15) is 47.2 Å². The van der Waals surface area contributed by atoms with Gasteiger partial charge in [-0.3, -0.25) is 20.4 Å². The number of rotatable bonds is 3. The van der Waals surface area contributed by atoms with Gasteiger partial charge in [0.2, 0.25) is 0 Å². The van der Waals surface area contributed by atoms with Crippen molar-refractivity contribution in [1.29, 1.82) is 0 Å². The number of hydrazine groups is 1. The standard InChI is InChI=1S/C16H18N2O4.C12H10/c1-16(2,3)11-9-10(6-7-12(11)19)14(20)17-18-15(21)13-5-4-8-22-13;1-3-7-11(8-4-1)12-9-5-2-6-10-12/h4-9,19H,1-3H3,(H,17,20)(H,18,21);1-10H. The van der Waals surface area contributed by atoms with Gasteiger partial charge in [-0.1, -0.05) is 81.4 Å². The van der Waals surface area contributed by atoms with E-state index in [0.717, 1.165) is 0 Å². The smallest absolute Gasteiger partial charge is 0.305 e. The van der Waals surface area contributed by atoms with Crippen molar-refractivity contribution in [2.75, 3.05) is 0 Å². The summed E-state index contributed by atoms with van der Waals surface area (Å²) >= 11 is 0. The number of aromatic hydroxyl groups is 1. The van der Waals surface area contributed by atoms with Crippen LogP contribution in [0.5, 0.6) is 5.75 Å². The fourth-order valence-electron chi connectivity index (χ4n) is 3.19. The Balaban J connectivity index is 0.000000226. The lowest BCUT2D eigenvalue weighted by Gasteiger charge is -2.21. The number of phenolic OH excluding ortho intramolecular Hbond substituents is 1. The molecule has 0 atom stereocenters. The molecule has 34 heavy (non-hydrogen) atoms. The van der Waals surface area contributed by atoms with Crippen LogP contribution in [0.4, 0.5) is 0 Å². The van der Waals surface area contributed by atoms with Crippen molar-refractivity contribution in [3.63, 3.8) is 0 Å². The predicted octanol–water partition coefficient (Wildman–Crippen LogP) is 5.71. The Bertz CT molecular complexity index is 1180. The molecule has 0 aliphatic carbocycles. The van der Waals surface area contributed by atoms with E-state index < -0.39 is 11.8 Å². The van der Waals surface area contributed by atoms with E-state index in [1.165, 1.54) is 35.6 Å². The highest BCUT2D eigenvalue weighted by molar-refractivity contribution is 5.98. The molecule has 174 valence electrons. The molecule has 4 aromatic rings. The average molecular weight is 457 g/mol. The summed E-state index contributed by atoms with van der Waals surface area (Å²) in [6.45, 7) is 5.80. The van der Waals surface area contributed by atoms with Crippen LogP contribution in [-0.4, -0.2) is 16.9 Å². The van der Waals surface area contributed by atoms with Gasteiger partial charge in [0.1, 0.15) is 5.75 Å². The highest BCUT2D eigenvalue weighted by atomic mass is 16.3. The van der Waals surface area contributed by atoms with E-state index in [0.29, 0.717) is 11.1 Å². The molecule has 6 heteroatoms. The third kappa shape index (κ3) is 6.59. The van der Waals surface area contributed by atoms with Crippen LogP contribution in [0, 0.1) is 0 Å². The zero-order chi connectivity index (χ0) is 24.6. The van der Waals surface area contributed by atoms with Crippen molar-refractivity contribution < 1.29 is 19.1 Å². The van der Waals surface area contributed by atoms with Crippen LogP contribution in [0.25, 0.3) is 11.1 Å². The molecule has 6 nitrogen and oxygen atoms in total. The highest BCUT2D eigenvalue weighted by Crippen LogP contribution is 2.31. The van der Waals surface area contributed by atoms with Gasteiger partial charge in [0.05, 0.1) is 6.26 Å². The summed E-state index contributed by atoms with van der Waals surface area (Å²) in [6.07, 6.45) is 1.37. The van der Waals surface area contributed by atoms with Gasteiger partial charge in [0, 0.05) is 11.1 Å². The van der Waals surface area contributed by atoms with E-state index in [1.807, 2.05) is 32.9 Å². The van der Waals surface area contributed by atoms with Crippen LogP contribution in [0.2, 0.25) is 0 Å². The summed E-state index contributed by atoms with van der Waals surface area (Å²) in [5.74, 6) is -0.802. The zero-order valence-electron chi connectivity index (χ0n) is 19.4. The Labute approximate surface area is 199 Å². The summed E-state index contributed by atoms with van der Waals surface area (Å²) in [6, 6.07) is 28.4. The topological polar surface area (TPSA) is 91.6 Å². The predicted molar refractivity (Wildman–Crippen MR) is 132 cm³/mol. The Morgan fingerprint density at radius 2 is 1.29 bits per heavy atom. The minimum Gasteiger partial charge on any atom is -0.508 e. The van der Waals surface area contributed by atoms with Crippen molar-refractivity contribution in [2.24, 2.45) is 0 Å². The Morgan fingerprint density at radius 1 is 0.735 bits per heavy atom. The average Bonchev–Trinajstić information content (AvgIpc) is 3.39. The van der Waals surface area contributed by atoms with Crippen LogP contribution in [-0.2, 0) is 5.41 Å². The number of hydrogen-bond donors (Lipinski definition) is 3. The van der Waals surface area contributed by atoms with E-state index in [9.17, 15) is 14.7 Å². The minimum atomic E-state index is -0.548. The molecule has 1 aromatic heterocycles. The third-order valence-electron chi connectivity index (χ3n) is 4.98. The number of hydrogen-bond acceptors (Lipinski definition) is 4. The molecular weight excluding hydrogens is 428 g/mol. The maximum Gasteiger partial charge on any atom is 0.305 e. The molecule has 0 fully saturated rings. The van der Waals surface area contributed by atoms with E-state index in [4.69, 9.17) is 4.42 Å².